The van der Waals surface area contributed by atoms with Crippen LogP contribution in [-0.4, -0.2) is 37.4 Å². The summed E-state index contributed by atoms with van der Waals surface area (Å²) < 4.78 is 13.0. The van der Waals surface area contributed by atoms with E-state index in [9.17, 15) is 14.0 Å². The molecule has 0 bridgehead atoms. The lowest BCUT2D eigenvalue weighted by Crippen LogP contribution is -2.27. The largest absolute Gasteiger partial charge is 0.374 e. The summed E-state index contributed by atoms with van der Waals surface area (Å²) in [5.74, 6) is -0.283. The fourth-order valence-corrected chi connectivity index (χ4v) is 2.27. The SMILES string of the molecule is CN(C=NC1=C(C=O)NC(c2ccc(F)cc2)CC1)CC=O. The van der Waals surface area contributed by atoms with Crippen LogP contribution in [0.5, 0.6) is 0 Å². The van der Waals surface area contributed by atoms with Crippen LogP contribution >= 0.6 is 0 Å². The number of allylic oxidation sites excluding steroid dienone is 2. The lowest BCUT2D eigenvalue weighted by molar-refractivity contribution is -0.108. The van der Waals surface area contributed by atoms with Gasteiger partial charge in [0.05, 0.1) is 30.3 Å². The van der Waals surface area contributed by atoms with Gasteiger partial charge in [-0.05, 0) is 30.5 Å². The second-order valence-corrected chi connectivity index (χ2v) is 5.12. The number of hydrogen-bond acceptors (Lipinski definition) is 4. The van der Waals surface area contributed by atoms with Gasteiger partial charge < -0.3 is 15.0 Å². The number of nitrogens with zero attached hydrogens (tertiary/aromatic N) is 2. The van der Waals surface area contributed by atoms with E-state index in [1.807, 2.05) is 0 Å². The summed E-state index contributed by atoms with van der Waals surface area (Å²) in [4.78, 5) is 27.5. The molecule has 5 nitrogen and oxygen atoms in total. The highest BCUT2D eigenvalue weighted by Gasteiger charge is 2.21. The maximum absolute atomic E-state index is 13.0. The number of aliphatic imine (C=N–C) groups is 1. The number of carbonyl (C=O) groups excluding carboxylic acids is 2. The van der Waals surface area contributed by atoms with Gasteiger partial charge >= 0.3 is 0 Å². The van der Waals surface area contributed by atoms with Crippen molar-refractivity contribution < 1.29 is 14.0 Å². The van der Waals surface area contributed by atoms with Crippen LogP contribution in [0.25, 0.3) is 0 Å². The number of benzene rings is 1. The van der Waals surface area contributed by atoms with Crippen LogP contribution in [0.4, 0.5) is 4.39 Å². The molecule has 1 N–H and O–H groups in total. The highest BCUT2D eigenvalue weighted by Crippen LogP contribution is 2.28. The molecule has 22 heavy (non-hydrogen) atoms. The van der Waals surface area contributed by atoms with E-state index < -0.39 is 0 Å². The molecule has 6 heteroatoms. The third kappa shape index (κ3) is 4.00. The maximum Gasteiger partial charge on any atom is 0.167 e. The Labute approximate surface area is 128 Å². The first-order valence-electron chi connectivity index (χ1n) is 7.02. The van der Waals surface area contributed by atoms with Crippen molar-refractivity contribution in [2.75, 3.05) is 13.6 Å². The van der Waals surface area contributed by atoms with Crippen LogP contribution < -0.4 is 5.32 Å². The second-order valence-electron chi connectivity index (χ2n) is 5.12. The van der Waals surface area contributed by atoms with Crippen LogP contribution in [0.2, 0.25) is 0 Å². The molecule has 0 spiro atoms. The third-order valence-corrected chi connectivity index (χ3v) is 3.47. The van der Waals surface area contributed by atoms with Gasteiger partial charge in [0.2, 0.25) is 0 Å². The molecular formula is C16H18FN3O2. The Kier molecular flexibility index (Phi) is 5.41. The van der Waals surface area contributed by atoms with Crippen molar-refractivity contribution in [2.24, 2.45) is 4.99 Å². The van der Waals surface area contributed by atoms with Gasteiger partial charge in [0.15, 0.2) is 6.29 Å². The minimum atomic E-state index is -0.283. The minimum Gasteiger partial charge on any atom is -0.374 e. The first-order chi connectivity index (χ1) is 10.6. The lowest BCUT2D eigenvalue weighted by Gasteiger charge is -2.26. The van der Waals surface area contributed by atoms with E-state index in [4.69, 9.17) is 0 Å². The molecule has 0 aromatic heterocycles. The Morgan fingerprint density at radius 3 is 2.73 bits per heavy atom. The Balaban J connectivity index is 2.11. The standard InChI is InChI=1S/C16H18FN3O2/c1-20(8-9-21)11-18-15-7-6-14(19-16(15)10-22)12-2-4-13(17)5-3-12/h2-5,9-11,14,19H,6-8H2,1H3. The van der Waals surface area contributed by atoms with Gasteiger partial charge in [-0.2, -0.15) is 0 Å². The first-order valence-corrected chi connectivity index (χ1v) is 7.02. The summed E-state index contributed by atoms with van der Waals surface area (Å²) in [6.45, 7) is 0.249. The van der Waals surface area contributed by atoms with Gasteiger partial charge in [0.1, 0.15) is 12.1 Å². The number of carbonyl (C=O) groups is 2. The van der Waals surface area contributed by atoms with E-state index in [1.165, 1.54) is 18.5 Å². The Hall–Kier alpha value is -2.50. The predicted molar refractivity (Wildman–Crippen MR) is 81.8 cm³/mol. The summed E-state index contributed by atoms with van der Waals surface area (Å²) >= 11 is 0. The lowest BCUT2D eigenvalue weighted by atomic mass is 9.97. The van der Waals surface area contributed by atoms with Gasteiger partial charge in [-0.1, -0.05) is 12.1 Å². The smallest absolute Gasteiger partial charge is 0.167 e. The Morgan fingerprint density at radius 2 is 2.09 bits per heavy atom. The zero-order chi connectivity index (χ0) is 15.9. The molecule has 1 aromatic rings. The zero-order valence-electron chi connectivity index (χ0n) is 12.3. The molecule has 1 heterocycles. The molecule has 0 radical (unpaired) electrons. The topological polar surface area (TPSA) is 61.8 Å². The Morgan fingerprint density at radius 1 is 1.36 bits per heavy atom. The van der Waals surface area contributed by atoms with Gasteiger partial charge in [-0.25, -0.2) is 9.38 Å². The van der Waals surface area contributed by atoms with Gasteiger partial charge in [0, 0.05) is 7.05 Å². The van der Waals surface area contributed by atoms with Crippen molar-refractivity contribution in [3.63, 3.8) is 0 Å². The van der Waals surface area contributed by atoms with E-state index in [0.29, 0.717) is 17.8 Å². The number of likely N-dealkylation sites (N-methyl/N-ethyl adjacent to an activating group) is 1. The average Bonchev–Trinajstić information content (AvgIpc) is 2.54. The molecule has 1 aliphatic heterocycles. The molecule has 1 aromatic carbocycles. The number of hydrogen-bond donors (Lipinski definition) is 1. The summed E-state index contributed by atoms with van der Waals surface area (Å²) in [7, 11) is 1.73. The van der Waals surface area contributed by atoms with Crippen molar-refractivity contribution in [3.05, 3.63) is 47.0 Å². The van der Waals surface area contributed by atoms with Crippen molar-refractivity contribution in [1.29, 1.82) is 0 Å². The molecule has 2 rings (SSSR count). The van der Waals surface area contributed by atoms with Crippen molar-refractivity contribution in [3.8, 4) is 0 Å². The van der Waals surface area contributed by atoms with Gasteiger partial charge in [-0.15, -0.1) is 0 Å². The van der Waals surface area contributed by atoms with Gasteiger partial charge in [-0.3, -0.25) is 4.79 Å². The summed E-state index contributed by atoms with van der Waals surface area (Å²) in [6.07, 6.45) is 4.45. The maximum atomic E-state index is 13.0. The number of rotatable bonds is 6. The second kappa shape index (κ2) is 7.49. The number of nitrogens with one attached hydrogen (secondary N) is 1. The molecule has 1 atom stereocenters. The number of aldehydes is 2. The van der Waals surface area contributed by atoms with Crippen molar-refractivity contribution in [2.45, 2.75) is 18.9 Å². The molecule has 0 saturated carbocycles. The highest BCUT2D eigenvalue weighted by atomic mass is 19.1. The van der Waals surface area contributed by atoms with E-state index in [2.05, 4.69) is 10.3 Å². The summed E-state index contributed by atoms with van der Waals surface area (Å²) in [6, 6.07) is 6.20. The first kappa shape index (κ1) is 15.9. The van der Waals surface area contributed by atoms with Crippen molar-refractivity contribution in [1.82, 2.24) is 10.2 Å². The van der Waals surface area contributed by atoms with Crippen LogP contribution in [0.3, 0.4) is 0 Å². The quantitative estimate of drug-likeness (QED) is 0.495. The molecule has 0 fully saturated rings. The highest BCUT2D eigenvalue weighted by molar-refractivity contribution is 5.75. The van der Waals surface area contributed by atoms with Crippen LogP contribution in [0.1, 0.15) is 24.4 Å². The van der Waals surface area contributed by atoms with Crippen LogP contribution in [-0.2, 0) is 9.59 Å². The molecule has 0 aliphatic carbocycles. The minimum absolute atomic E-state index is 0.0348. The zero-order valence-corrected chi connectivity index (χ0v) is 12.3. The van der Waals surface area contributed by atoms with E-state index in [-0.39, 0.29) is 18.4 Å². The molecule has 1 aliphatic rings. The molecule has 116 valence electrons. The fourth-order valence-electron chi connectivity index (χ4n) is 2.27. The summed E-state index contributed by atoms with van der Waals surface area (Å²) in [5.41, 5.74) is 2.02. The normalized spacial score (nSPS) is 18.2. The summed E-state index contributed by atoms with van der Waals surface area (Å²) in [5, 5.41) is 3.13. The van der Waals surface area contributed by atoms with E-state index >= 15 is 0 Å². The third-order valence-electron chi connectivity index (χ3n) is 3.47. The molecular weight excluding hydrogens is 285 g/mol. The van der Waals surface area contributed by atoms with Gasteiger partial charge in [0.25, 0.3) is 0 Å². The molecule has 1 unspecified atom stereocenters. The monoisotopic (exact) mass is 303 g/mol. The Bertz CT molecular complexity index is 596. The predicted octanol–water partition coefficient (Wildman–Crippen LogP) is 1.82. The van der Waals surface area contributed by atoms with Crippen molar-refractivity contribution >= 4 is 18.9 Å². The average molecular weight is 303 g/mol. The molecule has 0 amide bonds. The van der Waals surface area contributed by atoms with E-state index in [1.54, 1.807) is 24.1 Å². The fraction of sp³-hybridized carbons (Fsp3) is 0.312. The van der Waals surface area contributed by atoms with Crippen LogP contribution in [0.15, 0.2) is 40.7 Å². The van der Waals surface area contributed by atoms with E-state index in [0.717, 1.165) is 24.6 Å². The van der Waals surface area contributed by atoms with Crippen LogP contribution in [0, 0.1) is 5.82 Å². The number of halogens is 1. The molecule has 0 saturated heterocycles.